The summed E-state index contributed by atoms with van der Waals surface area (Å²) in [7, 11) is 0. The number of fused-ring (bicyclic) bond motifs is 1. The molecule has 0 fully saturated rings. The SMILES string of the molecule is CC(=O)NCC1CCn2ncc(C(=O)Nc3cccc(COCC(F)(F)F)c3)c2C1. The van der Waals surface area contributed by atoms with Crippen molar-refractivity contribution in [3.05, 3.63) is 47.3 Å². The molecule has 0 aliphatic carbocycles. The molecule has 162 valence electrons. The molecule has 1 atom stereocenters. The van der Waals surface area contributed by atoms with Crippen LogP contribution in [0.3, 0.4) is 0 Å². The molecule has 1 aliphatic heterocycles. The summed E-state index contributed by atoms with van der Waals surface area (Å²) in [5.74, 6) is -0.213. The van der Waals surface area contributed by atoms with Gasteiger partial charge in [0, 0.05) is 25.7 Å². The summed E-state index contributed by atoms with van der Waals surface area (Å²) in [6.45, 7) is 1.14. The number of ether oxygens (including phenoxy) is 1. The van der Waals surface area contributed by atoms with Crippen LogP contribution in [0, 0.1) is 5.92 Å². The number of amides is 2. The van der Waals surface area contributed by atoms with Crippen molar-refractivity contribution in [3.8, 4) is 0 Å². The maximum Gasteiger partial charge on any atom is 0.411 e. The molecule has 30 heavy (non-hydrogen) atoms. The van der Waals surface area contributed by atoms with Crippen molar-refractivity contribution in [1.82, 2.24) is 15.1 Å². The molecule has 10 heteroatoms. The van der Waals surface area contributed by atoms with Gasteiger partial charge in [-0.25, -0.2) is 0 Å². The lowest BCUT2D eigenvalue weighted by Gasteiger charge is -2.24. The maximum atomic E-state index is 12.8. The molecule has 2 amide bonds. The van der Waals surface area contributed by atoms with Crippen LogP contribution in [0.15, 0.2) is 30.5 Å². The van der Waals surface area contributed by atoms with E-state index in [4.69, 9.17) is 0 Å². The van der Waals surface area contributed by atoms with Crippen LogP contribution in [0.4, 0.5) is 18.9 Å². The summed E-state index contributed by atoms with van der Waals surface area (Å²) in [6, 6.07) is 6.49. The smallest absolute Gasteiger partial charge is 0.367 e. The zero-order chi connectivity index (χ0) is 21.7. The molecule has 7 nitrogen and oxygen atoms in total. The van der Waals surface area contributed by atoms with Gasteiger partial charge in [0.05, 0.1) is 24.1 Å². The molecule has 1 aromatic carbocycles. The standard InChI is InChI=1S/C20H23F3N4O3/c1-13(28)24-9-14-5-6-27-18(8-14)17(10-25-27)19(29)26-16-4-2-3-15(7-16)11-30-12-20(21,22)23/h2-4,7,10,14H,5-6,8-9,11-12H2,1H3,(H,24,28)(H,26,29). The molecule has 1 aliphatic rings. The fourth-order valence-electron chi connectivity index (χ4n) is 3.37. The van der Waals surface area contributed by atoms with Crippen LogP contribution in [0.1, 0.15) is 35.0 Å². The molecule has 3 rings (SSSR count). The van der Waals surface area contributed by atoms with E-state index in [-0.39, 0.29) is 24.3 Å². The molecule has 2 N–H and O–H groups in total. The first-order chi connectivity index (χ1) is 14.2. The van der Waals surface area contributed by atoms with E-state index in [9.17, 15) is 22.8 Å². The number of hydrogen-bond acceptors (Lipinski definition) is 4. The lowest BCUT2D eigenvalue weighted by atomic mass is 9.94. The van der Waals surface area contributed by atoms with E-state index in [1.807, 2.05) is 0 Å². The maximum absolute atomic E-state index is 12.8. The van der Waals surface area contributed by atoms with E-state index in [1.54, 1.807) is 28.9 Å². The highest BCUT2D eigenvalue weighted by molar-refractivity contribution is 6.05. The summed E-state index contributed by atoms with van der Waals surface area (Å²) in [6.07, 6.45) is -1.39. The van der Waals surface area contributed by atoms with E-state index < -0.39 is 12.8 Å². The van der Waals surface area contributed by atoms with E-state index in [2.05, 4.69) is 20.5 Å². The van der Waals surface area contributed by atoms with Crippen LogP contribution in [0.5, 0.6) is 0 Å². The van der Waals surface area contributed by atoms with Gasteiger partial charge in [-0.2, -0.15) is 18.3 Å². The predicted octanol–water partition coefficient (Wildman–Crippen LogP) is 2.91. The Kier molecular flexibility index (Phi) is 6.76. The second kappa shape index (κ2) is 9.29. The molecular formula is C20H23F3N4O3. The van der Waals surface area contributed by atoms with Crippen LogP contribution in [-0.2, 0) is 29.1 Å². The van der Waals surface area contributed by atoms with Gasteiger partial charge in [0.15, 0.2) is 0 Å². The first-order valence-electron chi connectivity index (χ1n) is 9.55. The fraction of sp³-hybridized carbons (Fsp3) is 0.450. The third-order valence-electron chi connectivity index (χ3n) is 4.78. The third-order valence-corrected chi connectivity index (χ3v) is 4.78. The van der Waals surface area contributed by atoms with Gasteiger partial charge in [-0.1, -0.05) is 12.1 Å². The number of aryl methyl sites for hydroxylation is 1. The largest absolute Gasteiger partial charge is 0.411 e. The summed E-state index contributed by atoms with van der Waals surface area (Å²) in [5, 5.41) is 9.85. The number of carbonyl (C=O) groups is 2. The van der Waals surface area contributed by atoms with Gasteiger partial charge in [0.25, 0.3) is 5.91 Å². The average molecular weight is 424 g/mol. The molecule has 0 saturated heterocycles. The van der Waals surface area contributed by atoms with Crippen molar-refractivity contribution in [2.24, 2.45) is 5.92 Å². The highest BCUT2D eigenvalue weighted by Crippen LogP contribution is 2.24. The number of aromatic nitrogens is 2. The number of hydrogen-bond donors (Lipinski definition) is 2. The van der Waals surface area contributed by atoms with Crippen LogP contribution in [0.2, 0.25) is 0 Å². The first-order valence-corrected chi connectivity index (χ1v) is 9.55. The van der Waals surface area contributed by atoms with Crippen molar-refractivity contribution in [3.63, 3.8) is 0 Å². The fourth-order valence-corrected chi connectivity index (χ4v) is 3.37. The second-order valence-electron chi connectivity index (χ2n) is 7.29. The van der Waals surface area contributed by atoms with E-state index in [0.717, 1.165) is 12.1 Å². The Bertz CT molecular complexity index is 911. The Labute approximate surface area is 171 Å². The molecule has 1 aromatic heterocycles. The lowest BCUT2D eigenvalue weighted by Crippen LogP contribution is -2.32. The monoisotopic (exact) mass is 424 g/mol. The molecule has 2 heterocycles. The third kappa shape index (κ3) is 6.06. The minimum Gasteiger partial charge on any atom is -0.367 e. The Balaban J connectivity index is 1.63. The van der Waals surface area contributed by atoms with Crippen molar-refractivity contribution in [2.75, 3.05) is 18.5 Å². The number of halogens is 3. The second-order valence-corrected chi connectivity index (χ2v) is 7.29. The molecule has 0 spiro atoms. The van der Waals surface area contributed by atoms with Gasteiger partial charge in [-0.15, -0.1) is 0 Å². The summed E-state index contributed by atoms with van der Waals surface area (Å²) >= 11 is 0. The lowest BCUT2D eigenvalue weighted by molar-refractivity contribution is -0.176. The summed E-state index contributed by atoms with van der Waals surface area (Å²) in [4.78, 5) is 23.9. The number of alkyl halides is 3. The molecule has 0 radical (unpaired) electrons. The van der Waals surface area contributed by atoms with Gasteiger partial charge in [0.1, 0.15) is 6.61 Å². The van der Waals surface area contributed by atoms with Crippen LogP contribution in [-0.4, -0.2) is 40.9 Å². The van der Waals surface area contributed by atoms with E-state index >= 15 is 0 Å². The van der Waals surface area contributed by atoms with Gasteiger partial charge in [-0.05, 0) is 36.5 Å². The molecule has 2 aromatic rings. The van der Waals surface area contributed by atoms with Gasteiger partial charge >= 0.3 is 6.18 Å². The summed E-state index contributed by atoms with van der Waals surface area (Å²) < 4.78 is 43.1. The zero-order valence-electron chi connectivity index (χ0n) is 16.5. The minimum absolute atomic E-state index is 0.0915. The van der Waals surface area contributed by atoms with Crippen molar-refractivity contribution in [2.45, 2.75) is 39.1 Å². The summed E-state index contributed by atoms with van der Waals surface area (Å²) in [5.41, 5.74) is 2.23. The van der Waals surface area contributed by atoms with Gasteiger partial charge < -0.3 is 15.4 Å². The van der Waals surface area contributed by atoms with Gasteiger partial charge in [-0.3, -0.25) is 14.3 Å². The number of benzene rings is 1. The molecule has 1 unspecified atom stereocenters. The van der Waals surface area contributed by atoms with Crippen LogP contribution >= 0.6 is 0 Å². The molecular weight excluding hydrogens is 401 g/mol. The van der Waals surface area contributed by atoms with Gasteiger partial charge in [0.2, 0.25) is 5.91 Å². The number of rotatable bonds is 7. The predicted molar refractivity (Wildman–Crippen MR) is 103 cm³/mol. The van der Waals surface area contributed by atoms with Crippen LogP contribution < -0.4 is 10.6 Å². The van der Waals surface area contributed by atoms with Crippen LogP contribution in [0.25, 0.3) is 0 Å². The minimum atomic E-state index is -4.38. The van der Waals surface area contributed by atoms with Crippen molar-refractivity contribution in [1.29, 1.82) is 0 Å². The van der Waals surface area contributed by atoms with Crippen molar-refractivity contribution < 1.29 is 27.5 Å². The topological polar surface area (TPSA) is 85.2 Å². The Morgan fingerprint density at radius 2 is 2.13 bits per heavy atom. The first kappa shape index (κ1) is 21.8. The van der Waals surface area contributed by atoms with E-state index in [1.165, 1.54) is 13.1 Å². The van der Waals surface area contributed by atoms with E-state index in [0.29, 0.717) is 36.3 Å². The Morgan fingerprint density at radius 1 is 1.33 bits per heavy atom. The highest BCUT2D eigenvalue weighted by atomic mass is 19.4. The Hall–Kier alpha value is -2.88. The quantitative estimate of drug-likeness (QED) is 0.716. The number of carbonyl (C=O) groups excluding carboxylic acids is 2. The zero-order valence-corrected chi connectivity index (χ0v) is 16.5. The Morgan fingerprint density at radius 3 is 2.87 bits per heavy atom. The average Bonchev–Trinajstić information content (AvgIpc) is 3.09. The highest BCUT2D eigenvalue weighted by Gasteiger charge is 2.27. The normalized spacial score (nSPS) is 16.1. The molecule has 0 saturated carbocycles. The number of nitrogens with zero attached hydrogens (tertiary/aromatic N) is 2. The molecule has 0 bridgehead atoms. The number of anilines is 1. The number of nitrogens with one attached hydrogen (secondary N) is 2. The van der Waals surface area contributed by atoms with Crippen molar-refractivity contribution >= 4 is 17.5 Å².